The summed E-state index contributed by atoms with van der Waals surface area (Å²) in [6.07, 6.45) is 4.60. The lowest BCUT2D eigenvalue weighted by Gasteiger charge is -2.33. The average molecular weight is 415 g/mol. The first-order chi connectivity index (χ1) is 12.3. The van der Waals surface area contributed by atoms with Gasteiger partial charge in [-0.2, -0.15) is 0 Å². The van der Waals surface area contributed by atoms with Crippen LogP contribution in [0.4, 0.5) is 0 Å². The van der Waals surface area contributed by atoms with Gasteiger partial charge in [-0.25, -0.2) is 15.0 Å². The second-order valence-electron chi connectivity index (χ2n) is 6.10. The second-order valence-corrected chi connectivity index (χ2v) is 7.99. The largest absolute Gasteiger partial charge is 0.348 e. The maximum Gasteiger partial charge on any atom is 0.130 e. The highest BCUT2D eigenvalue weighted by atomic mass is 79.9. The van der Waals surface area contributed by atoms with Crippen molar-refractivity contribution in [3.63, 3.8) is 0 Å². The van der Waals surface area contributed by atoms with Crippen molar-refractivity contribution in [2.24, 2.45) is 0 Å². The minimum Gasteiger partial charge on any atom is -0.348 e. The average Bonchev–Trinajstić information content (AvgIpc) is 3.34. The normalized spacial score (nSPS) is 17.9. The summed E-state index contributed by atoms with van der Waals surface area (Å²) in [5.74, 6) is 0.928. The summed E-state index contributed by atoms with van der Waals surface area (Å²) < 4.78 is 1.04. The molecule has 25 heavy (non-hydrogen) atoms. The number of nitrogens with zero attached hydrogens (tertiary/aromatic N) is 4. The molecule has 0 aliphatic carbocycles. The van der Waals surface area contributed by atoms with E-state index in [0.717, 1.165) is 51.5 Å². The van der Waals surface area contributed by atoms with Crippen molar-refractivity contribution in [3.8, 4) is 0 Å². The molecule has 8 heteroatoms. The molecule has 0 spiro atoms. The van der Waals surface area contributed by atoms with E-state index in [4.69, 9.17) is 4.98 Å². The van der Waals surface area contributed by atoms with Crippen LogP contribution in [-0.4, -0.2) is 36.4 Å². The Bertz CT molecular complexity index is 1020. The zero-order valence-corrected chi connectivity index (χ0v) is 15.6. The van der Waals surface area contributed by atoms with Crippen LogP contribution in [-0.2, 0) is 13.0 Å². The third-order valence-corrected chi connectivity index (χ3v) is 5.83. The van der Waals surface area contributed by atoms with Crippen molar-refractivity contribution in [2.75, 3.05) is 6.54 Å². The van der Waals surface area contributed by atoms with Crippen molar-refractivity contribution >= 4 is 38.3 Å². The Morgan fingerprint density at radius 2 is 2.28 bits per heavy atom. The van der Waals surface area contributed by atoms with E-state index >= 15 is 0 Å². The molecule has 1 atom stereocenters. The molecular weight excluding hydrogens is 400 g/mol. The molecule has 0 unspecified atom stereocenters. The standard InChI is InChI=1S/C17H15BrN6S/c18-10-1-2-11-13(7-10)23-17(22-11)16-15-12(20-9-21-15)3-5-24(16)8-14-19-4-6-25-14/h1-2,4,6-7,9,16H,3,5,8H2,(H,20,21)(H,22,23)/t16-/m0/s1. The van der Waals surface area contributed by atoms with Gasteiger partial charge in [0.2, 0.25) is 0 Å². The van der Waals surface area contributed by atoms with Gasteiger partial charge in [-0.05, 0) is 18.2 Å². The summed E-state index contributed by atoms with van der Waals surface area (Å²) >= 11 is 5.21. The van der Waals surface area contributed by atoms with Crippen molar-refractivity contribution in [1.82, 2.24) is 29.8 Å². The molecule has 0 saturated carbocycles. The van der Waals surface area contributed by atoms with E-state index in [1.54, 1.807) is 17.7 Å². The molecule has 4 heterocycles. The summed E-state index contributed by atoms with van der Waals surface area (Å²) in [6, 6.07) is 6.11. The highest BCUT2D eigenvalue weighted by molar-refractivity contribution is 9.10. The first-order valence-corrected chi connectivity index (χ1v) is 9.75. The van der Waals surface area contributed by atoms with Gasteiger partial charge in [0, 0.05) is 34.7 Å². The lowest BCUT2D eigenvalue weighted by atomic mass is 10.0. The van der Waals surface area contributed by atoms with E-state index in [9.17, 15) is 0 Å². The number of benzene rings is 1. The Kier molecular flexibility index (Phi) is 3.69. The molecular formula is C17H15BrN6S. The summed E-state index contributed by atoms with van der Waals surface area (Å²) in [5, 5.41) is 3.13. The number of hydrogen-bond acceptors (Lipinski definition) is 5. The highest BCUT2D eigenvalue weighted by Gasteiger charge is 2.33. The molecule has 0 amide bonds. The Morgan fingerprint density at radius 3 is 3.16 bits per heavy atom. The van der Waals surface area contributed by atoms with Gasteiger partial charge in [0.1, 0.15) is 16.9 Å². The summed E-state index contributed by atoms with van der Waals surface area (Å²) in [7, 11) is 0. The molecule has 6 nitrogen and oxygen atoms in total. The predicted octanol–water partition coefficient (Wildman–Crippen LogP) is 3.65. The minimum absolute atomic E-state index is 0.00470. The monoisotopic (exact) mass is 414 g/mol. The fourth-order valence-electron chi connectivity index (χ4n) is 3.43. The van der Waals surface area contributed by atoms with Crippen LogP contribution in [0, 0.1) is 0 Å². The number of halogens is 1. The van der Waals surface area contributed by atoms with E-state index in [2.05, 4.69) is 46.8 Å². The number of H-pyrrole nitrogens is 2. The molecule has 1 aliphatic heterocycles. The van der Waals surface area contributed by atoms with Crippen LogP contribution in [0.5, 0.6) is 0 Å². The second kappa shape index (κ2) is 6.05. The van der Waals surface area contributed by atoms with Gasteiger partial charge in [-0.3, -0.25) is 4.90 Å². The van der Waals surface area contributed by atoms with Gasteiger partial charge in [0.25, 0.3) is 0 Å². The summed E-state index contributed by atoms with van der Waals surface area (Å²) in [4.78, 5) is 23.1. The number of imidazole rings is 2. The number of hydrogen-bond donors (Lipinski definition) is 2. The fourth-order valence-corrected chi connectivity index (χ4v) is 4.44. The Morgan fingerprint density at radius 1 is 1.32 bits per heavy atom. The van der Waals surface area contributed by atoms with E-state index in [-0.39, 0.29) is 6.04 Å². The molecule has 0 fully saturated rings. The lowest BCUT2D eigenvalue weighted by Crippen LogP contribution is -2.36. The quantitative estimate of drug-likeness (QED) is 0.536. The van der Waals surface area contributed by atoms with Gasteiger partial charge < -0.3 is 9.97 Å². The maximum atomic E-state index is 4.85. The molecule has 0 saturated heterocycles. The van der Waals surface area contributed by atoms with Crippen LogP contribution in [0.15, 0.2) is 40.6 Å². The number of aromatic amines is 2. The first-order valence-electron chi connectivity index (χ1n) is 8.07. The van der Waals surface area contributed by atoms with Crippen molar-refractivity contribution < 1.29 is 0 Å². The zero-order valence-electron chi connectivity index (χ0n) is 13.2. The van der Waals surface area contributed by atoms with E-state index in [0.29, 0.717) is 0 Å². The predicted molar refractivity (Wildman–Crippen MR) is 100 cm³/mol. The van der Waals surface area contributed by atoms with Crippen LogP contribution in [0.2, 0.25) is 0 Å². The number of aromatic nitrogens is 5. The van der Waals surface area contributed by atoms with E-state index in [1.165, 1.54) is 5.69 Å². The molecule has 3 aromatic heterocycles. The molecule has 5 rings (SSSR count). The van der Waals surface area contributed by atoms with Gasteiger partial charge >= 0.3 is 0 Å². The number of rotatable bonds is 3. The van der Waals surface area contributed by atoms with Crippen LogP contribution < -0.4 is 0 Å². The van der Waals surface area contributed by atoms with Crippen molar-refractivity contribution in [3.05, 3.63) is 62.8 Å². The molecule has 4 aromatic rings. The molecule has 1 aromatic carbocycles. The number of thiazole rings is 1. The maximum absolute atomic E-state index is 4.85. The lowest BCUT2D eigenvalue weighted by molar-refractivity contribution is 0.194. The van der Waals surface area contributed by atoms with Gasteiger partial charge in [-0.1, -0.05) is 15.9 Å². The Labute approximate surface area is 156 Å². The molecule has 0 bridgehead atoms. The van der Waals surface area contributed by atoms with Crippen LogP contribution in [0.3, 0.4) is 0 Å². The van der Waals surface area contributed by atoms with Gasteiger partial charge in [0.05, 0.1) is 29.6 Å². The van der Waals surface area contributed by atoms with Gasteiger partial charge in [-0.15, -0.1) is 11.3 Å². The van der Waals surface area contributed by atoms with Crippen LogP contribution in [0.25, 0.3) is 11.0 Å². The van der Waals surface area contributed by atoms with Crippen LogP contribution >= 0.6 is 27.3 Å². The van der Waals surface area contributed by atoms with Crippen molar-refractivity contribution in [2.45, 2.75) is 19.0 Å². The Hall–Kier alpha value is -2.03. The van der Waals surface area contributed by atoms with E-state index < -0.39 is 0 Å². The van der Waals surface area contributed by atoms with Crippen molar-refractivity contribution in [1.29, 1.82) is 0 Å². The highest BCUT2D eigenvalue weighted by Crippen LogP contribution is 2.34. The minimum atomic E-state index is 0.00470. The molecule has 1 aliphatic rings. The fraction of sp³-hybridized carbons (Fsp3) is 0.235. The molecule has 126 valence electrons. The SMILES string of the molecule is Brc1ccc2nc([C@@H]3c4nc[nH]c4CCN3Cc3nccs3)[nH]c2c1. The Balaban J connectivity index is 1.60. The molecule has 0 radical (unpaired) electrons. The topological polar surface area (TPSA) is 73.5 Å². The number of nitrogens with one attached hydrogen (secondary N) is 2. The smallest absolute Gasteiger partial charge is 0.130 e. The number of fused-ring (bicyclic) bond motifs is 2. The van der Waals surface area contributed by atoms with Crippen LogP contribution in [0.1, 0.15) is 28.3 Å². The summed E-state index contributed by atoms with van der Waals surface area (Å²) in [5.41, 5.74) is 4.25. The third kappa shape index (κ3) is 2.70. The van der Waals surface area contributed by atoms with Gasteiger partial charge in [0.15, 0.2) is 0 Å². The summed E-state index contributed by atoms with van der Waals surface area (Å²) in [6.45, 7) is 1.75. The zero-order chi connectivity index (χ0) is 16.8. The van der Waals surface area contributed by atoms with E-state index in [1.807, 2.05) is 23.7 Å². The first kappa shape index (κ1) is 15.2. The third-order valence-electron chi connectivity index (χ3n) is 4.57. The molecule has 2 N–H and O–H groups in total.